The largest absolute Gasteiger partial charge is 0.497 e. The highest BCUT2D eigenvalue weighted by molar-refractivity contribution is 6.31. The number of benzene rings is 2. The van der Waals surface area contributed by atoms with Crippen molar-refractivity contribution >= 4 is 22.6 Å². The van der Waals surface area contributed by atoms with Crippen molar-refractivity contribution < 1.29 is 9.47 Å². The molecule has 0 fully saturated rings. The summed E-state index contributed by atoms with van der Waals surface area (Å²) in [5.41, 5.74) is 3.13. The number of fused-ring (bicyclic) bond motifs is 1. The van der Waals surface area contributed by atoms with Gasteiger partial charge < -0.3 is 9.47 Å². The summed E-state index contributed by atoms with van der Waals surface area (Å²) in [5.74, 6) is 1.46. The Kier molecular flexibility index (Phi) is 4.13. The quantitative estimate of drug-likeness (QED) is 0.706. The molecule has 6 heteroatoms. The lowest BCUT2D eigenvalue weighted by Gasteiger charge is -2.24. The van der Waals surface area contributed by atoms with Gasteiger partial charge in [-0.1, -0.05) is 32.4 Å². The number of hydrogen-bond acceptors (Lipinski definition) is 4. The Balaban J connectivity index is 2.28. The number of hydrogen-bond donors (Lipinski definition) is 0. The first-order chi connectivity index (χ1) is 11.3. The summed E-state index contributed by atoms with van der Waals surface area (Å²) in [6.07, 6.45) is 0. The van der Waals surface area contributed by atoms with Gasteiger partial charge in [0, 0.05) is 16.7 Å². The molecule has 0 saturated carbocycles. The zero-order valence-corrected chi connectivity index (χ0v) is 15.2. The average Bonchev–Trinajstić information content (AvgIpc) is 2.95. The molecular weight excluding hydrogens is 326 g/mol. The van der Waals surface area contributed by atoms with E-state index in [0.717, 1.165) is 33.8 Å². The molecule has 0 saturated heterocycles. The fourth-order valence-electron chi connectivity index (χ4n) is 2.62. The lowest BCUT2D eigenvalue weighted by molar-refractivity contribution is 0.384. The van der Waals surface area contributed by atoms with E-state index in [0.29, 0.717) is 5.02 Å². The molecule has 0 bridgehead atoms. The van der Waals surface area contributed by atoms with Crippen LogP contribution in [0, 0.1) is 0 Å². The highest BCUT2D eigenvalue weighted by Gasteiger charge is 2.24. The van der Waals surface area contributed by atoms with Crippen LogP contribution in [0.2, 0.25) is 5.02 Å². The zero-order chi connectivity index (χ0) is 17.5. The minimum absolute atomic E-state index is 0.121. The molecule has 0 amide bonds. The predicted octanol–water partition coefficient (Wildman–Crippen LogP) is 4.39. The van der Waals surface area contributed by atoms with E-state index in [2.05, 4.69) is 31.0 Å². The topological polar surface area (TPSA) is 49.2 Å². The zero-order valence-electron chi connectivity index (χ0n) is 14.4. The second-order valence-electron chi connectivity index (χ2n) is 6.60. The van der Waals surface area contributed by atoms with Crippen LogP contribution in [0.1, 0.15) is 26.3 Å². The van der Waals surface area contributed by atoms with Gasteiger partial charge in [0.25, 0.3) is 0 Å². The molecule has 0 aliphatic carbocycles. The Morgan fingerprint density at radius 3 is 2.29 bits per heavy atom. The fourth-order valence-corrected chi connectivity index (χ4v) is 2.79. The summed E-state index contributed by atoms with van der Waals surface area (Å²) in [6, 6.07) is 9.29. The van der Waals surface area contributed by atoms with E-state index in [-0.39, 0.29) is 5.41 Å². The van der Waals surface area contributed by atoms with E-state index in [4.69, 9.17) is 21.1 Å². The monoisotopic (exact) mass is 345 g/mol. The van der Waals surface area contributed by atoms with Crippen molar-refractivity contribution in [3.05, 3.63) is 40.9 Å². The Morgan fingerprint density at radius 2 is 1.67 bits per heavy atom. The van der Waals surface area contributed by atoms with Crippen molar-refractivity contribution in [1.82, 2.24) is 15.0 Å². The summed E-state index contributed by atoms with van der Waals surface area (Å²) in [6.45, 7) is 6.38. The standard InChI is InChI=1S/C18H20ClN3O2/c1-18(2,3)13-9-12(23-4)10-16(17(13)24-5)22-20-14-7-6-11(19)8-15(14)21-22/h6-10H,1-5H3. The molecule has 0 aliphatic rings. The van der Waals surface area contributed by atoms with Crippen LogP contribution in [-0.4, -0.2) is 29.2 Å². The smallest absolute Gasteiger partial charge is 0.150 e. The Morgan fingerprint density at radius 1 is 0.958 bits per heavy atom. The maximum absolute atomic E-state index is 6.04. The number of aromatic nitrogens is 3. The Bertz CT molecular complexity index is 897. The predicted molar refractivity (Wildman–Crippen MR) is 95.7 cm³/mol. The molecule has 0 spiro atoms. The molecule has 24 heavy (non-hydrogen) atoms. The van der Waals surface area contributed by atoms with Gasteiger partial charge in [-0.15, -0.1) is 15.0 Å². The average molecular weight is 346 g/mol. The van der Waals surface area contributed by atoms with Crippen LogP contribution >= 0.6 is 11.6 Å². The van der Waals surface area contributed by atoms with Crippen LogP contribution in [-0.2, 0) is 5.41 Å². The third kappa shape index (κ3) is 2.91. The van der Waals surface area contributed by atoms with Crippen molar-refractivity contribution in [3.63, 3.8) is 0 Å². The van der Waals surface area contributed by atoms with Gasteiger partial charge in [0.15, 0.2) is 0 Å². The van der Waals surface area contributed by atoms with Crippen LogP contribution in [0.4, 0.5) is 0 Å². The summed E-state index contributed by atoms with van der Waals surface area (Å²) in [4.78, 5) is 1.57. The first kappa shape index (κ1) is 16.6. The summed E-state index contributed by atoms with van der Waals surface area (Å²) < 4.78 is 11.2. The fraction of sp³-hybridized carbons (Fsp3) is 0.333. The first-order valence-electron chi connectivity index (χ1n) is 7.63. The van der Waals surface area contributed by atoms with E-state index in [1.807, 2.05) is 18.2 Å². The molecule has 0 aliphatic heterocycles. The molecule has 0 N–H and O–H groups in total. The SMILES string of the molecule is COc1cc(-n2nc3ccc(Cl)cc3n2)c(OC)c(C(C)(C)C)c1. The molecule has 3 rings (SSSR count). The minimum atomic E-state index is -0.121. The van der Waals surface area contributed by atoms with Gasteiger partial charge in [0.05, 0.1) is 14.2 Å². The lowest BCUT2D eigenvalue weighted by Crippen LogP contribution is -2.15. The van der Waals surface area contributed by atoms with Gasteiger partial charge in [-0.25, -0.2) is 0 Å². The van der Waals surface area contributed by atoms with E-state index in [9.17, 15) is 0 Å². The third-order valence-electron chi connectivity index (χ3n) is 3.85. The van der Waals surface area contributed by atoms with Crippen molar-refractivity contribution in [2.24, 2.45) is 0 Å². The van der Waals surface area contributed by atoms with E-state index in [1.54, 1.807) is 31.1 Å². The van der Waals surface area contributed by atoms with E-state index < -0.39 is 0 Å². The number of ether oxygens (including phenoxy) is 2. The normalized spacial score (nSPS) is 11.8. The molecule has 3 aromatic rings. The molecule has 2 aromatic carbocycles. The van der Waals surface area contributed by atoms with Crippen molar-refractivity contribution in [2.45, 2.75) is 26.2 Å². The first-order valence-corrected chi connectivity index (χ1v) is 8.01. The molecule has 1 heterocycles. The van der Waals surface area contributed by atoms with Gasteiger partial charge >= 0.3 is 0 Å². The van der Waals surface area contributed by atoms with Crippen molar-refractivity contribution in [2.75, 3.05) is 14.2 Å². The number of nitrogens with zero attached hydrogens (tertiary/aromatic N) is 3. The molecule has 0 atom stereocenters. The van der Waals surface area contributed by atoms with Gasteiger partial charge in [-0.3, -0.25) is 0 Å². The minimum Gasteiger partial charge on any atom is -0.497 e. The van der Waals surface area contributed by atoms with Gasteiger partial charge in [0.2, 0.25) is 0 Å². The highest BCUT2D eigenvalue weighted by atomic mass is 35.5. The van der Waals surface area contributed by atoms with Crippen LogP contribution < -0.4 is 9.47 Å². The molecule has 5 nitrogen and oxygen atoms in total. The maximum Gasteiger partial charge on any atom is 0.150 e. The highest BCUT2D eigenvalue weighted by Crippen LogP contribution is 2.39. The van der Waals surface area contributed by atoms with E-state index >= 15 is 0 Å². The van der Waals surface area contributed by atoms with Gasteiger partial charge in [-0.2, -0.15) is 0 Å². The maximum atomic E-state index is 6.04. The van der Waals surface area contributed by atoms with E-state index in [1.165, 1.54) is 0 Å². The second-order valence-corrected chi connectivity index (χ2v) is 7.04. The second kappa shape index (κ2) is 5.98. The summed E-state index contributed by atoms with van der Waals surface area (Å²) in [7, 11) is 3.30. The van der Waals surface area contributed by atoms with Crippen LogP contribution in [0.25, 0.3) is 16.7 Å². The summed E-state index contributed by atoms with van der Waals surface area (Å²) >= 11 is 6.04. The Hall–Kier alpha value is -2.27. The Labute approximate surface area is 146 Å². The number of halogens is 1. The van der Waals surface area contributed by atoms with Crippen molar-refractivity contribution in [1.29, 1.82) is 0 Å². The third-order valence-corrected chi connectivity index (χ3v) is 4.08. The molecule has 1 aromatic heterocycles. The molecule has 126 valence electrons. The molecule has 0 radical (unpaired) electrons. The van der Waals surface area contributed by atoms with Gasteiger partial charge in [0.1, 0.15) is 28.2 Å². The van der Waals surface area contributed by atoms with Gasteiger partial charge in [-0.05, 0) is 29.7 Å². The summed E-state index contributed by atoms with van der Waals surface area (Å²) in [5, 5.41) is 9.71. The number of methoxy groups -OCH3 is 2. The molecular formula is C18H20ClN3O2. The number of rotatable bonds is 3. The van der Waals surface area contributed by atoms with Crippen LogP contribution in [0.15, 0.2) is 30.3 Å². The van der Waals surface area contributed by atoms with Crippen LogP contribution in [0.3, 0.4) is 0 Å². The molecule has 0 unspecified atom stereocenters. The van der Waals surface area contributed by atoms with Crippen LogP contribution in [0.5, 0.6) is 11.5 Å². The van der Waals surface area contributed by atoms with Crippen molar-refractivity contribution in [3.8, 4) is 17.2 Å². The lowest BCUT2D eigenvalue weighted by atomic mass is 9.85.